The quantitative estimate of drug-likeness (QED) is 0.482. The van der Waals surface area contributed by atoms with Gasteiger partial charge in [-0.2, -0.15) is 0 Å². The first-order chi connectivity index (χ1) is 11.1. The summed E-state index contributed by atoms with van der Waals surface area (Å²) in [5.74, 6) is -0.914. The molecule has 0 unspecified atom stereocenters. The van der Waals surface area contributed by atoms with Crippen LogP contribution in [0.2, 0.25) is 0 Å². The van der Waals surface area contributed by atoms with Crippen molar-refractivity contribution in [2.45, 2.75) is 13.5 Å². The van der Waals surface area contributed by atoms with Crippen molar-refractivity contribution in [1.82, 2.24) is 15.6 Å². The van der Waals surface area contributed by atoms with Crippen molar-refractivity contribution < 1.29 is 13.5 Å². The molecule has 2 aromatic rings. The Morgan fingerprint density at radius 2 is 2.13 bits per heavy atom. The van der Waals surface area contributed by atoms with Gasteiger partial charge in [0.25, 0.3) is 0 Å². The first kappa shape index (κ1) is 17.1. The second-order valence-electron chi connectivity index (χ2n) is 4.64. The third kappa shape index (κ3) is 5.48. The van der Waals surface area contributed by atoms with Crippen molar-refractivity contribution >= 4 is 17.3 Å². The van der Waals surface area contributed by atoms with Gasteiger partial charge in [0.1, 0.15) is 17.4 Å². The zero-order valence-corrected chi connectivity index (χ0v) is 13.7. The average molecular weight is 340 g/mol. The third-order valence-corrected chi connectivity index (χ3v) is 3.77. The summed E-state index contributed by atoms with van der Waals surface area (Å²) < 4.78 is 31.2. The maximum Gasteiger partial charge on any atom is 0.191 e. The fraction of sp³-hybridized carbons (Fsp3) is 0.333. The van der Waals surface area contributed by atoms with E-state index in [-0.39, 0.29) is 5.75 Å². The van der Waals surface area contributed by atoms with E-state index in [0.29, 0.717) is 25.7 Å². The van der Waals surface area contributed by atoms with Gasteiger partial charge in [0.2, 0.25) is 0 Å². The van der Waals surface area contributed by atoms with Crippen molar-refractivity contribution in [1.29, 1.82) is 0 Å². The highest BCUT2D eigenvalue weighted by molar-refractivity contribution is 7.11. The highest BCUT2D eigenvalue weighted by Gasteiger charge is 2.04. The van der Waals surface area contributed by atoms with Crippen LogP contribution in [0.25, 0.3) is 0 Å². The van der Waals surface area contributed by atoms with Crippen molar-refractivity contribution in [3.05, 3.63) is 45.9 Å². The monoisotopic (exact) mass is 340 g/mol. The predicted molar refractivity (Wildman–Crippen MR) is 86.9 cm³/mol. The molecule has 2 N–H and O–H groups in total. The Morgan fingerprint density at radius 3 is 2.78 bits per heavy atom. The van der Waals surface area contributed by atoms with Crippen LogP contribution in [0.15, 0.2) is 29.4 Å². The van der Waals surface area contributed by atoms with Crippen LogP contribution in [0.3, 0.4) is 0 Å². The summed E-state index contributed by atoms with van der Waals surface area (Å²) in [5.41, 5.74) is 0. The highest BCUT2D eigenvalue weighted by Crippen LogP contribution is 2.15. The SMILES string of the molecule is CN=C(NCCOc1ccc(F)c(F)c1)NCc1ncc(C)s1. The van der Waals surface area contributed by atoms with Gasteiger partial charge >= 0.3 is 0 Å². The molecular weight excluding hydrogens is 322 g/mol. The number of guanidine groups is 1. The van der Waals surface area contributed by atoms with Gasteiger partial charge < -0.3 is 15.4 Å². The van der Waals surface area contributed by atoms with Crippen molar-refractivity contribution in [2.24, 2.45) is 4.99 Å². The van der Waals surface area contributed by atoms with E-state index in [2.05, 4.69) is 20.6 Å². The fourth-order valence-corrected chi connectivity index (χ4v) is 2.49. The largest absolute Gasteiger partial charge is 0.492 e. The normalized spacial score (nSPS) is 11.4. The lowest BCUT2D eigenvalue weighted by atomic mass is 10.3. The smallest absolute Gasteiger partial charge is 0.191 e. The molecule has 0 saturated carbocycles. The van der Waals surface area contributed by atoms with E-state index >= 15 is 0 Å². The van der Waals surface area contributed by atoms with Crippen LogP contribution in [-0.2, 0) is 6.54 Å². The lowest BCUT2D eigenvalue weighted by Crippen LogP contribution is -2.38. The summed E-state index contributed by atoms with van der Waals surface area (Å²) in [4.78, 5) is 9.50. The first-order valence-corrected chi connectivity index (χ1v) is 7.84. The second-order valence-corrected chi connectivity index (χ2v) is 5.96. The molecule has 0 atom stereocenters. The zero-order chi connectivity index (χ0) is 16.7. The standard InChI is InChI=1S/C15H18F2N4OS/c1-10-8-20-14(23-10)9-21-15(18-2)19-5-6-22-11-3-4-12(16)13(17)7-11/h3-4,7-8H,5-6,9H2,1-2H3,(H2,18,19,21). The summed E-state index contributed by atoms with van der Waals surface area (Å²) in [6.45, 7) is 3.35. The van der Waals surface area contributed by atoms with Gasteiger partial charge in [0.05, 0.1) is 13.1 Å². The molecule has 0 fully saturated rings. The Kier molecular flexibility index (Phi) is 6.28. The Hall–Kier alpha value is -2.22. The molecule has 2 rings (SSSR count). The molecule has 0 aliphatic heterocycles. The molecule has 23 heavy (non-hydrogen) atoms. The van der Waals surface area contributed by atoms with Crippen LogP contribution in [0.4, 0.5) is 8.78 Å². The van der Waals surface area contributed by atoms with E-state index in [0.717, 1.165) is 22.0 Å². The van der Waals surface area contributed by atoms with E-state index in [9.17, 15) is 8.78 Å². The van der Waals surface area contributed by atoms with Gasteiger partial charge in [0, 0.05) is 24.2 Å². The number of nitrogens with zero attached hydrogens (tertiary/aromatic N) is 2. The summed E-state index contributed by atoms with van der Waals surface area (Å²) >= 11 is 1.62. The minimum absolute atomic E-state index is 0.284. The summed E-state index contributed by atoms with van der Waals surface area (Å²) in [5, 5.41) is 7.18. The van der Waals surface area contributed by atoms with Gasteiger partial charge in [-0.25, -0.2) is 13.8 Å². The summed E-state index contributed by atoms with van der Waals surface area (Å²) in [7, 11) is 1.67. The Morgan fingerprint density at radius 1 is 1.30 bits per heavy atom. The molecule has 8 heteroatoms. The van der Waals surface area contributed by atoms with E-state index in [1.165, 1.54) is 6.07 Å². The highest BCUT2D eigenvalue weighted by atomic mass is 32.1. The van der Waals surface area contributed by atoms with Crippen LogP contribution >= 0.6 is 11.3 Å². The van der Waals surface area contributed by atoms with Gasteiger partial charge in [-0.1, -0.05) is 0 Å². The molecule has 1 aromatic heterocycles. The van der Waals surface area contributed by atoms with Crippen LogP contribution in [0, 0.1) is 18.6 Å². The number of aryl methyl sites for hydroxylation is 1. The van der Waals surface area contributed by atoms with Crippen LogP contribution in [-0.4, -0.2) is 31.1 Å². The average Bonchev–Trinajstić information content (AvgIpc) is 2.95. The van der Waals surface area contributed by atoms with E-state index in [4.69, 9.17) is 4.74 Å². The van der Waals surface area contributed by atoms with Crippen molar-refractivity contribution in [3.8, 4) is 5.75 Å². The van der Waals surface area contributed by atoms with E-state index in [1.54, 1.807) is 18.4 Å². The van der Waals surface area contributed by atoms with E-state index in [1.807, 2.05) is 13.1 Å². The summed E-state index contributed by atoms with van der Waals surface area (Å²) in [6, 6.07) is 3.44. The topological polar surface area (TPSA) is 58.5 Å². The summed E-state index contributed by atoms with van der Waals surface area (Å²) in [6.07, 6.45) is 1.83. The van der Waals surface area contributed by atoms with Crippen LogP contribution < -0.4 is 15.4 Å². The number of thiazole rings is 1. The molecule has 1 heterocycles. The molecule has 0 aliphatic carbocycles. The Labute approximate surface area is 137 Å². The van der Waals surface area contributed by atoms with Gasteiger partial charge in [-0.3, -0.25) is 4.99 Å². The molecule has 0 amide bonds. The molecule has 124 valence electrons. The van der Waals surface area contributed by atoms with Crippen LogP contribution in [0.1, 0.15) is 9.88 Å². The maximum atomic E-state index is 13.0. The molecule has 0 spiro atoms. The minimum Gasteiger partial charge on any atom is -0.492 e. The molecule has 0 saturated heterocycles. The molecule has 5 nitrogen and oxygen atoms in total. The van der Waals surface area contributed by atoms with Gasteiger partial charge in [-0.05, 0) is 19.1 Å². The van der Waals surface area contributed by atoms with Gasteiger partial charge in [0.15, 0.2) is 17.6 Å². The van der Waals surface area contributed by atoms with Crippen LogP contribution in [0.5, 0.6) is 5.75 Å². The zero-order valence-electron chi connectivity index (χ0n) is 12.9. The van der Waals surface area contributed by atoms with Gasteiger partial charge in [-0.15, -0.1) is 11.3 Å². The van der Waals surface area contributed by atoms with Crippen molar-refractivity contribution in [2.75, 3.05) is 20.2 Å². The number of rotatable bonds is 6. The Balaban J connectivity index is 1.70. The number of ether oxygens (including phenoxy) is 1. The first-order valence-electron chi connectivity index (χ1n) is 7.02. The number of benzene rings is 1. The molecule has 0 aliphatic rings. The molecular formula is C15H18F2N4OS. The number of hydrogen-bond acceptors (Lipinski definition) is 4. The lowest BCUT2D eigenvalue weighted by Gasteiger charge is -2.11. The fourth-order valence-electron chi connectivity index (χ4n) is 1.77. The molecule has 1 aromatic carbocycles. The number of halogens is 2. The number of hydrogen-bond donors (Lipinski definition) is 2. The minimum atomic E-state index is -0.924. The van der Waals surface area contributed by atoms with Crippen molar-refractivity contribution in [3.63, 3.8) is 0 Å². The lowest BCUT2D eigenvalue weighted by molar-refractivity contribution is 0.318. The molecule has 0 bridgehead atoms. The number of nitrogens with one attached hydrogen (secondary N) is 2. The third-order valence-electron chi connectivity index (χ3n) is 2.85. The maximum absolute atomic E-state index is 13.0. The number of aromatic nitrogens is 1. The molecule has 0 radical (unpaired) electrons. The van der Waals surface area contributed by atoms with E-state index < -0.39 is 11.6 Å². The number of aliphatic imine (C=N–C) groups is 1. The Bertz CT molecular complexity index is 675. The predicted octanol–water partition coefficient (Wildman–Crippen LogP) is 2.47. The second kappa shape index (κ2) is 8.42.